The molecule has 0 unspecified atom stereocenters. The van der Waals surface area contributed by atoms with Crippen molar-refractivity contribution in [2.45, 2.75) is 100 Å². The fourth-order valence-electron chi connectivity index (χ4n) is 5.20. The van der Waals surface area contributed by atoms with Gasteiger partial charge in [-0.25, -0.2) is 0 Å². The van der Waals surface area contributed by atoms with Gasteiger partial charge in [0.25, 0.3) is 5.89 Å². The van der Waals surface area contributed by atoms with E-state index in [9.17, 15) is 15.0 Å². The van der Waals surface area contributed by atoms with E-state index >= 15 is 0 Å². The maximum atomic E-state index is 12.1. The summed E-state index contributed by atoms with van der Waals surface area (Å²) < 4.78 is 10.6. The molecule has 0 atom stereocenters. The molecule has 250 valence electrons. The number of hydrogen-bond donors (Lipinski definition) is 2. The number of phenolic OH excluding ortho intramolecular Hbond substituents is 1. The summed E-state index contributed by atoms with van der Waals surface area (Å²) in [6.45, 7) is 20.0. The van der Waals surface area contributed by atoms with Gasteiger partial charge in [-0.1, -0.05) is 97.3 Å². The maximum Gasteiger partial charge on any atom is 0.309 e. The number of phenols is 1. The van der Waals surface area contributed by atoms with Crippen molar-refractivity contribution in [1.82, 2.24) is 15.0 Å². The van der Waals surface area contributed by atoms with Crippen molar-refractivity contribution >= 4 is 5.97 Å². The highest BCUT2D eigenvalue weighted by atomic mass is 16.5. The Hall–Kier alpha value is -3.23. The number of carbonyl (C=O) groups is 1. The van der Waals surface area contributed by atoms with E-state index in [1.54, 1.807) is 13.2 Å². The summed E-state index contributed by atoms with van der Waals surface area (Å²) in [5.41, 5.74) is 3.49. The van der Waals surface area contributed by atoms with Crippen molar-refractivity contribution in [2.24, 2.45) is 16.7 Å². The molecule has 0 radical (unpaired) electrons. The third-order valence-electron chi connectivity index (χ3n) is 7.53. The van der Waals surface area contributed by atoms with Crippen LogP contribution in [0.2, 0.25) is 0 Å². The van der Waals surface area contributed by atoms with Crippen LogP contribution in [0, 0.1) is 16.7 Å². The Morgan fingerprint density at radius 2 is 1.62 bits per heavy atom. The first-order valence-corrected chi connectivity index (χ1v) is 16.5. The van der Waals surface area contributed by atoms with Crippen molar-refractivity contribution in [3.63, 3.8) is 0 Å². The van der Waals surface area contributed by atoms with E-state index in [2.05, 4.69) is 68.7 Å². The van der Waals surface area contributed by atoms with Gasteiger partial charge in [0, 0.05) is 31.4 Å². The van der Waals surface area contributed by atoms with E-state index in [1.807, 2.05) is 38.1 Å². The topological polar surface area (TPSA) is 109 Å². The quantitative estimate of drug-likeness (QED) is 0.193. The number of likely N-dealkylation sites (tertiary alicyclic amines) is 1. The fraction of sp³-hybridized carbons (Fsp3) is 0.595. The van der Waals surface area contributed by atoms with Crippen LogP contribution in [0.3, 0.4) is 0 Å². The van der Waals surface area contributed by atoms with E-state index in [4.69, 9.17) is 9.26 Å². The van der Waals surface area contributed by atoms with Crippen LogP contribution >= 0.6 is 0 Å². The molecule has 45 heavy (non-hydrogen) atoms. The number of hydrogen-bond acceptors (Lipinski definition) is 7. The molecule has 2 heterocycles. The number of carboxylic acids is 1. The Balaban J connectivity index is 0.000000917. The monoisotopic (exact) mass is 623 g/mol. The molecule has 0 bridgehead atoms. The highest BCUT2D eigenvalue weighted by Gasteiger charge is 2.40. The molecule has 2 N–H and O–H groups in total. The van der Waals surface area contributed by atoms with E-state index in [0.29, 0.717) is 54.5 Å². The number of aromatic hydroxyl groups is 1. The minimum absolute atomic E-state index is 0.240. The Kier molecular flexibility index (Phi) is 15.2. The van der Waals surface area contributed by atoms with E-state index in [1.165, 1.54) is 0 Å². The number of aliphatic carboxylic acids is 1. The molecule has 1 saturated heterocycles. The lowest BCUT2D eigenvalue weighted by Gasteiger charge is -2.39. The van der Waals surface area contributed by atoms with Crippen LogP contribution in [0.25, 0.3) is 22.8 Å². The zero-order valence-corrected chi connectivity index (χ0v) is 29.2. The molecule has 0 spiro atoms. The van der Waals surface area contributed by atoms with Crippen LogP contribution in [0.5, 0.6) is 5.75 Å². The summed E-state index contributed by atoms with van der Waals surface area (Å²) in [6, 6.07) is 13.6. The van der Waals surface area contributed by atoms with Crippen molar-refractivity contribution < 1.29 is 24.3 Å². The molecular weight excluding hydrogens is 566 g/mol. The van der Waals surface area contributed by atoms with Gasteiger partial charge in [0.15, 0.2) is 0 Å². The van der Waals surface area contributed by atoms with Gasteiger partial charge in [-0.05, 0) is 79.8 Å². The predicted molar refractivity (Wildman–Crippen MR) is 182 cm³/mol. The van der Waals surface area contributed by atoms with Gasteiger partial charge in [0.1, 0.15) is 5.75 Å². The van der Waals surface area contributed by atoms with Gasteiger partial charge in [-0.2, -0.15) is 4.98 Å². The lowest BCUT2D eigenvalue weighted by Crippen LogP contribution is -2.44. The molecule has 3 aromatic rings. The molecular formula is C37H57N3O5. The molecule has 1 aliphatic heterocycles. The van der Waals surface area contributed by atoms with Crippen LogP contribution < -0.4 is 0 Å². The summed E-state index contributed by atoms with van der Waals surface area (Å²) in [6.07, 6.45) is 4.64. The normalized spacial score (nSPS) is 14.7. The SMILES string of the molecule is CC.CC(C)(C)C.COCCCCC1(C(=O)O)CCN(Cc2ccc(-c3noc(-c4ccc(CC(C)C)c(O)c4)n3)cc2)CC1. The van der Waals surface area contributed by atoms with Gasteiger partial charge >= 0.3 is 5.97 Å². The van der Waals surface area contributed by atoms with Gasteiger partial charge in [0.05, 0.1) is 5.41 Å². The van der Waals surface area contributed by atoms with Crippen LogP contribution in [0.15, 0.2) is 47.0 Å². The molecule has 4 rings (SSSR count). The third kappa shape index (κ3) is 12.6. The molecule has 1 aromatic heterocycles. The summed E-state index contributed by atoms with van der Waals surface area (Å²) in [5, 5.41) is 24.4. The average molecular weight is 624 g/mol. The number of rotatable bonds is 12. The first-order chi connectivity index (χ1) is 21.3. The molecule has 0 aliphatic carbocycles. The average Bonchev–Trinajstić information content (AvgIpc) is 3.48. The zero-order chi connectivity index (χ0) is 33.6. The Labute approximate surface area is 271 Å². The first-order valence-electron chi connectivity index (χ1n) is 16.5. The largest absolute Gasteiger partial charge is 0.508 e. The van der Waals surface area contributed by atoms with Gasteiger partial charge in [-0.15, -0.1) is 0 Å². The number of carboxylic acid groups (broad SMARTS) is 1. The summed E-state index contributed by atoms with van der Waals surface area (Å²) in [5.74, 6) is 0.891. The zero-order valence-electron chi connectivity index (χ0n) is 29.2. The van der Waals surface area contributed by atoms with E-state index < -0.39 is 11.4 Å². The number of aromatic nitrogens is 2. The second kappa shape index (κ2) is 18.1. The summed E-state index contributed by atoms with van der Waals surface area (Å²) in [4.78, 5) is 18.9. The highest BCUT2D eigenvalue weighted by Crippen LogP contribution is 2.37. The number of nitrogens with zero attached hydrogens (tertiary/aromatic N) is 3. The van der Waals surface area contributed by atoms with Crippen LogP contribution in [-0.4, -0.2) is 58.0 Å². The van der Waals surface area contributed by atoms with Gasteiger partial charge < -0.3 is 19.5 Å². The Bertz CT molecular complexity index is 1280. The lowest BCUT2D eigenvalue weighted by molar-refractivity contribution is -0.153. The van der Waals surface area contributed by atoms with Crippen molar-refractivity contribution in [3.05, 3.63) is 53.6 Å². The highest BCUT2D eigenvalue weighted by molar-refractivity contribution is 5.74. The second-order valence-electron chi connectivity index (χ2n) is 13.9. The number of benzene rings is 2. The number of ether oxygens (including phenoxy) is 1. The van der Waals surface area contributed by atoms with E-state index in [-0.39, 0.29) is 5.75 Å². The van der Waals surface area contributed by atoms with Crippen LogP contribution in [-0.2, 0) is 22.5 Å². The molecule has 2 aromatic carbocycles. The minimum atomic E-state index is -0.667. The van der Waals surface area contributed by atoms with Crippen molar-refractivity contribution in [2.75, 3.05) is 26.8 Å². The Morgan fingerprint density at radius 1 is 1.02 bits per heavy atom. The molecule has 1 aliphatic rings. The maximum absolute atomic E-state index is 12.1. The fourth-order valence-corrected chi connectivity index (χ4v) is 5.20. The molecule has 0 amide bonds. The van der Waals surface area contributed by atoms with Crippen LogP contribution in [0.4, 0.5) is 0 Å². The van der Waals surface area contributed by atoms with E-state index in [0.717, 1.165) is 55.6 Å². The first kappa shape index (κ1) is 38.0. The molecule has 8 nitrogen and oxygen atoms in total. The molecule has 1 fully saturated rings. The van der Waals surface area contributed by atoms with Crippen molar-refractivity contribution in [1.29, 1.82) is 0 Å². The second-order valence-corrected chi connectivity index (χ2v) is 13.9. The van der Waals surface area contributed by atoms with Crippen molar-refractivity contribution in [3.8, 4) is 28.6 Å². The van der Waals surface area contributed by atoms with Gasteiger partial charge in [0.2, 0.25) is 5.82 Å². The van der Waals surface area contributed by atoms with Gasteiger partial charge in [-0.3, -0.25) is 9.69 Å². The smallest absolute Gasteiger partial charge is 0.309 e. The summed E-state index contributed by atoms with van der Waals surface area (Å²) >= 11 is 0. The lowest BCUT2D eigenvalue weighted by atomic mass is 9.74. The summed E-state index contributed by atoms with van der Waals surface area (Å²) in [7, 11) is 1.68. The molecule has 0 saturated carbocycles. The number of methoxy groups -OCH3 is 1. The minimum Gasteiger partial charge on any atom is -0.508 e. The molecule has 8 heteroatoms. The van der Waals surface area contributed by atoms with Crippen LogP contribution in [0.1, 0.15) is 98.6 Å². The number of unbranched alkanes of at least 4 members (excludes halogenated alkanes) is 1. The predicted octanol–water partition coefficient (Wildman–Crippen LogP) is 8.87. The third-order valence-corrected chi connectivity index (χ3v) is 7.53. The standard InChI is InChI=1S/C30H39N3O5.C5H12.C2H6/c1-21(2)18-24-10-11-25(19-26(24)34)28-31-27(32-38-28)23-8-6-22(7-9-23)20-33-15-13-30(14-16-33,29(35)36)12-4-5-17-37-3;1-5(2,3)4;1-2/h6-11,19,21,34H,4-5,12-18,20H2,1-3H3,(H,35,36);1-4H3;1-2H3. The Morgan fingerprint density at radius 3 is 2.16 bits per heavy atom. The number of piperidine rings is 1.